The van der Waals surface area contributed by atoms with Gasteiger partial charge in [-0.15, -0.1) is 0 Å². The predicted octanol–water partition coefficient (Wildman–Crippen LogP) is 0.447. The Morgan fingerprint density at radius 2 is 2.07 bits per heavy atom. The molecule has 4 heteroatoms. The Labute approximate surface area is 83.7 Å². The molecule has 0 radical (unpaired) electrons. The van der Waals surface area contributed by atoms with Crippen molar-refractivity contribution in [2.24, 2.45) is 11.1 Å². The van der Waals surface area contributed by atoms with E-state index in [4.69, 9.17) is 15.2 Å². The number of esters is 1. The Morgan fingerprint density at radius 3 is 2.43 bits per heavy atom. The van der Waals surface area contributed by atoms with Crippen LogP contribution in [0.1, 0.15) is 25.7 Å². The number of carbonyl (C=O) groups is 1. The molecule has 0 aromatic rings. The number of hydrogen-bond donors (Lipinski definition) is 1. The van der Waals surface area contributed by atoms with Crippen LogP contribution in [0.2, 0.25) is 0 Å². The molecule has 0 aromatic carbocycles. The van der Waals surface area contributed by atoms with Crippen molar-refractivity contribution in [2.75, 3.05) is 20.3 Å². The monoisotopic (exact) mass is 199 g/mol. The van der Waals surface area contributed by atoms with Crippen molar-refractivity contribution >= 4 is 5.97 Å². The molecule has 0 atom stereocenters. The van der Waals surface area contributed by atoms with Crippen LogP contribution in [0.15, 0.2) is 0 Å². The molecule has 3 rings (SSSR count). The maximum Gasteiger partial charge on any atom is 0.314 e. The van der Waals surface area contributed by atoms with Gasteiger partial charge in [0.25, 0.3) is 0 Å². The summed E-state index contributed by atoms with van der Waals surface area (Å²) in [5, 5.41) is 0. The number of rotatable bonds is 2. The molecule has 80 valence electrons. The summed E-state index contributed by atoms with van der Waals surface area (Å²) < 4.78 is 10.5. The van der Waals surface area contributed by atoms with Gasteiger partial charge in [0.05, 0.1) is 24.7 Å². The molecule has 2 heterocycles. The van der Waals surface area contributed by atoms with Gasteiger partial charge >= 0.3 is 5.97 Å². The van der Waals surface area contributed by atoms with Gasteiger partial charge in [-0.3, -0.25) is 4.79 Å². The molecule has 2 saturated heterocycles. The van der Waals surface area contributed by atoms with E-state index in [1.54, 1.807) is 0 Å². The summed E-state index contributed by atoms with van der Waals surface area (Å²) in [4.78, 5) is 11.6. The molecule has 3 fully saturated rings. The zero-order valence-corrected chi connectivity index (χ0v) is 8.54. The minimum absolute atomic E-state index is 0.122. The van der Waals surface area contributed by atoms with E-state index < -0.39 is 0 Å². The van der Waals surface area contributed by atoms with Crippen LogP contribution in [0.25, 0.3) is 0 Å². The second kappa shape index (κ2) is 3.21. The highest BCUT2D eigenvalue weighted by Gasteiger charge is 2.53. The van der Waals surface area contributed by atoms with Crippen molar-refractivity contribution in [3.05, 3.63) is 0 Å². The molecular weight excluding hydrogens is 182 g/mol. The van der Waals surface area contributed by atoms with E-state index in [0.29, 0.717) is 13.2 Å². The van der Waals surface area contributed by atoms with Crippen LogP contribution in [0.4, 0.5) is 0 Å². The number of fused-ring (bicyclic) bond motifs is 3. The SMILES string of the molecule is COC(=O)C12CCC(CN)(CC1)OC2. The third kappa shape index (κ3) is 1.25. The second-order valence-electron chi connectivity index (χ2n) is 4.45. The lowest BCUT2D eigenvalue weighted by Gasteiger charge is -2.51. The fraction of sp³-hybridized carbons (Fsp3) is 0.900. The zero-order chi connectivity index (χ0) is 10.2. The quantitative estimate of drug-likeness (QED) is 0.656. The van der Waals surface area contributed by atoms with E-state index in [9.17, 15) is 4.79 Å². The van der Waals surface area contributed by atoms with E-state index in [1.807, 2.05) is 0 Å². The molecule has 4 nitrogen and oxygen atoms in total. The molecule has 1 saturated carbocycles. The van der Waals surface area contributed by atoms with Gasteiger partial charge in [-0.25, -0.2) is 0 Å². The van der Waals surface area contributed by atoms with E-state index >= 15 is 0 Å². The summed E-state index contributed by atoms with van der Waals surface area (Å²) in [7, 11) is 1.44. The third-order valence-electron chi connectivity index (χ3n) is 3.76. The van der Waals surface area contributed by atoms with Crippen molar-refractivity contribution < 1.29 is 14.3 Å². The number of carbonyl (C=O) groups excluding carboxylic acids is 1. The first-order valence-corrected chi connectivity index (χ1v) is 5.09. The molecule has 2 bridgehead atoms. The van der Waals surface area contributed by atoms with Crippen molar-refractivity contribution in [3.8, 4) is 0 Å². The van der Waals surface area contributed by atoms with Gasteiger partial charge in [0.15, 0.2) is 0 Å². The summed E-state index contributed by atoms with van der Waals surface area (Å²) in [6.45, 7) is 1.04. The van der Waals surface area contributed by atoms with Gasteiger partial charge < -0.3 is 15.2 Å². The third-order valence-corrected chi connectivity index (χ3v) is 3.76. The highest BCUT2D eigenvalue weighted by molar-refractivity contribution is 5.77. The molecule has 0 amide bonds. The molecule has 1 aliphatic carbocycles. The highest BCUT2D eigenvalue weighted by Crippen LogP contribution is 2.48. The largest absolute Gasteiger partial charge is 0.469 e. The Hall–Kier alpha value is -0.610. The van der Waals surface area contributed by atoms with E-state index in [2.05, 4.69) is 0 Å². The zero-order valence-electron chi connectivity index (χ0n) is 8.54. The number of methoxy groups -OCH3 is 1. The van der Waals surface area contributed by atoms with Gasteiger partial charge in [0.1, 0.15) is 0 Å². The molecule has 3 aliphatic rings. The first kappa shape index (κ1) is 9.93. The van der Waals surface area contributed by atoms with Gasteiger partial charge in [-0.1, -0.05) is 0 Å². The average Bonchev–Trinajstić information content (AvgIpc) is 2.30. The first-order valence-electron chi connectivity index (χ1n) is 5.09. The standard InChI is InChI=1S/C10H17NO3/c1-13-8(12)9-2-4-10(6-11,5-3-9)14-7-9/h2-7,11H2,1H3. The Bertz CT molecular complexity index is 227. The van der Waals surface area contributed by atoms with E-state index in [1.165, 1.54) is 7.11 Å². The van der Waals surface area contributed by atoms with Crippen LogP contribution in [0.5, 0.6) is 0 Å². The molecule has 14 heavy (non-hydrogen) atoms. The molecular formula is C10H17NO3. The van der Waals surface area contributed by atoms with Crippen LogP contribution in [0.3, 0.4) is 0 Å². The minimum Gasteiger partial charge on any atom is -0.469 e. The van der Waals surface area contributed by atoms with Crippen molar-refractivity contribution in [1.29, 1.82) is 0 Å². The molecule has 2 N–H and O–H groups in total. The van der Waals surface area contributed by atoms with E-state index in [0.717, 1.165) is 25.7 Å². The van der Waals surface area contributed by atoms with Crippen LogP contribution in [0, 0.1) is 5.41 Å². The predicted molar refractivity (Wildman–Crippen MR) is 50.7 cm³/mol. The highest BCUT2D eigenvalue weighted by atomic mass is 16.5. The van der Waals surface area contributed by atoms with Crippen LogP contribution < -0.4 is 5.73 Å². The summed E-state index contributed by atoms with van der Waals surface area (Å²) in [6.07, 6.45) is 3.49. The van der Waals surface area contributed by atoms with Gasteiger partial charge in [-0.2, -0.15) is 0 Å². The molecule has 0 aromatic heterocycles. The van der Waals surface area contributed by atoms with Crippen LogP contribution in [-0.4, -0.2) is 31.8 Å². The topological polar surface area (TPSA) is 61.5 Å². The van der Waals surface area contributed by atoms with Gasteiger partial charge in [0.2, 0.25) is 0 Å². The summed E-state index contributed by atoms with van der Waals surface area (Å²) in [6, 6.07) is 0. The fourth-order valence-electron chi connectivity index (χ4n) is 2.51. The average molecular weight is 199 g/mol. The van der Waals surface area contributed by atoms with Crippen LogP contribution >= 0.6 is 0 Å². The Balaban J connectivity index is 2.12. The minimum atomic E-state index is -0.369. The number of hydrogen-bond acceptors (Lipinski definition) is 4. The summed E-state index contributed by atoms with van der Waals surface area (Å²) in [5.41, 5.74) is 5.17. The number of ether oxygens (including phenoxy) is 2. The normalized spacial score (nSPS) is 41.0. The Kier molecular flexibility index (Phi) is 2.27. The molecule has 2 aliphatic heterocycles. The lowest BCUT2D eigenvalue weighted by molar-refractivity contribution is -0.200. The lowest BCUT2D eigenvalue weighted by atomic mass is 9.66. The van der Waals surface area contributed by atoms with Gasteiger partial charge in [0, 0.05) is 6.54 Å². The second-order valence-corrected chi connectivity index (χ2v) is 4.45. The maximum absolute atomic E-state index is 11.6. The number of nitrogens with two attached hydrogens (primary N) is 1. The van der Waals surface area contributed by atoms with Crippen LogP contribution in [-0.2, 0) is 14.3 Å². The van der Waals surface area contributed by atoms with Gasteiger partial charge in [-0.05, 0) is 25.7 Å². The van der Waals surface area contributed by atoms with Crippen molar-refractivity contribution in [1.82, 2.24) is 0 Å². The first-order chi connectivity index (χ1) is 6.66. The van der Waals surface area contributed by atoms with Crippen molar-refractivity contribution in [2.45, 2.75) is 31.3 Å². The summed E-state index contributed by atoms with van der Waals surface area (Å²) >= 11 is 0. The van der Waals surface area contributed by atoms with E-state index in [-0.39, 0.29) is 17.0 Å². The summed E-state index contributed by atoms with van der Waals surface area (Å²) in [5.74, 6) is -0.122. The van der Waals surface area contributed by atoms with Crippen molar-refractivity contribution in [3.63, 3.8) is 0 Å². The maximum atomic E-state index is 11.6. The Morgan fingerprint density at radius 1 is 1.43 bits per heavy atom. The molecule has 0 spiro atoms. The fourth-order valence-corrected chi connectivity index (χ4v) is 2.51. The molecule has 0 unspecified atom stereocenters. The smallest absolute Gasteiger partial charge is 0.314 e. The lowest BCUT2D eigenvalue weighted by Crippen LogP contribution is -2.57.